The number of carbonyl (C=O) groups is 2. The zero-order valence-electron chi connectivity index (χ0n) is 20.5. The maximum atomic E-state index is 14.1. The summed E-state index contributed by atoms with van der Waals surface area (Å²) in [4.78, 5) is 37.1. The van der Waals surface area contributed by atoms with Crippen LogP contribution in [0.1, 0.15) is 51.5 Å². The molecular weight excluding hydrogens is 451 g/mol. The molecule has 0 bridgehead atoms. The van der Waals surface area contributed by atoms with Crippen LogP contribution in [0.15, 0.2) is 36.7 Å². The quantitative estimate of drug-likeness (QED) is 0.677. The number of nitrogens with zero attached hydrogens (tertiary/aromatic N) is 4. The number of urea groups is 1. The third kappa shape index (κ3) is 6.58. The number of rotatable bonds is 4. The van der Waals surface area contributed by atoms with Crippen LogP contribution in [-0.2, 0) is 4.74 Å². The van der Waals surface area contributed by atoms with Gasteiger partial charge in [-0.3, -0.25) is 0 Å². The van der Waals surface area contributed by atoms with Crippen molar-refractivity contribution in [2.45, 2.75) is 57.6 Å². The van der Waals surface area contributed by atoms with Crippen molar-refractivity contribution in [3.63, 3.8) is 0 Å². The number of amides is 3. The van der Waals surface area contributed by atoms with E-state index >= 15 is 0 Å². The minimum absolute atomic E-state index is 0.0129. The van der Waals surface area contributed by atoms with E-state index < -0.39 is 5.60 Å². The first-order valence-corrected chi connectivity index (χ1v) is 12.0. The summed E-state index contributed by atoms with van der Waals surface area (Å²) < 4.78 is 19.5. The molecule has 1 aromatic heterocycles. The van der Waals surface area contributed by atoms with Gasteiger partial charge in [0.1, 0.15) is 11.4 Å². The second-order valence-corrected chi connectivity index (χ2v) is 10.1. The lowest BCUT2D eigenvalue weighted by atomic mass is 9.97. The van der Waals surface area contributed by atoms with Crippen molar-refractivity contribution in [3.05, 3.63) is 48.0 Å². The SMILES string of the molecule is CC(C)(C)OC(=O)N1CCN(c2ncc(NC(=O)NC3CCC(c4ccccc4F)C3)cn2)CC1. The number of hydrogen-bond donors (Lipinski definition) is 2. The van der Waals surface area contributed by atoms with Crippen LogP contribution in [0.2, 0.25) is 0 Å². The van der Waals surface area contributed by atoms with Crippen LogP contribution in [0.4, 0.5) is 25.6 Å². The van der Waals surface area contributed by atoms with Crippen LogP contribution < -0.4 is 15.5 Å². The van der Waals surface area contributed by atoms with E-state index in [-0.39, 0.29) is 29.9 Å². The Kier molecular flexibility index (Phi) is 7.37. The molecule has 2 unspecified atom stereocenters. The number of ether oxygens (including phenoxy) is 1. The van der Waals surface area contributed by atoms with Crippen LogP contribution in [0.25, 0.3) is 0 Å². The van der Waals surface area contributed by atoms with Crippen LogP contribution in [-0.4, -0.2) is 64.8 Å². The highest BCUT2D eigenvalue weighted by molar-refractivity contribution is 5.89. The number of halogens is 1. The number of benzene rings is 1. The van der Waals surface area contributed by atoms with E-state index in [1.807, 2.05) is 37.8 Å². The lowest BCUT2D eigenvalue weighted by Gasteiger charge is -2.35. The number of nitrogens with one attached hydrogen (secondary N) is 2. The normalized spacial score (nSPS) is 20.5. The van der Waals surface area contributed by atoms with Crippen molar-refractivity contribution in [2.24, 2.45) is 0 Å². The molecule has 9 nitrogen and oxygen atoms in total. The molecule has 188 valence electrons. The number of hydrogen-bond acceptors (Lipinski definition) is 6. The fourth-order valence-corrected chi connectivity index (χ4v) is 4.52. The summed E-state index contributed by atoms with van der Waals surface area (Å²) in [5.41, 5.74) is 0.682. The first-order valence-electron chi connectivity index (χ1n) is 12.0. The van der Waals surface area contributed by atoms with Gasteiger partial charge in [0.05, 0.1) is 18.1 Å². The van der Waals surface area contributed by atoms with Gasteiger partial charge in [-0.15, -0.1) is 0 Å². The van der Waals surface area contributed by atoms with Crippen molar-refractivity contribution >= 4 is 23.8 Å². The number of anilines is 2. The van der Waals surface area contributed by atoms with Gasteiger partial charge in [-0.1, -0.05) is 18.2 Å². The molecule has 1 aromatic carbocycles. The Morgan fingerprint density at radius 1 is 1.06 bits per heavy atom. The Morgan fingerprint density at radius 2 is 1.74 bits per heavy atom. The van der Waals surface area contributed by atoms with Gasteiger partial charge in [0.15, 0.2) is 0 Å². The van der Waals surface area contributed by atoms with Crippen LogP contribution in [0, 0.1) is 5.82 Å². The molecule has 1 aliphatic heterocycles. The van der Waals surface area contributed by atoms with Crippen molar-refractivity contribution < 1.29 is 18.7 Å². The number of aromatic nitrogens is 2. The molecule has 2 aromatic rings. The second-order valence-electron chi connectivity index (χ2n) is 10.1. The molecule has 2 heterocycles. The van der Waals surface area contributed by atoms with Crippen molar-refractivity contribution in [1.29, 1.82) is 0 Å². The van der Waals surface area contributed by atoms with E-state index in [1.54, 1.807) is 23.4 Å². The minimum atomic E-state index is -0.522. The van der Waals surface area contributed by atoms with E-state index in [0.717, 1.165) is 12.8 Å². The van der Waals surface area contributed by atoms with Gasteiger partial charge in [0.2, 0.25) is 5.95 Å². The van der Waals surface area contributed by atoms with Gasteiger partial charge in [-0.25, -0.2) is 23.9 Å². The predicted octanol–water partition coefficient (Wildman–Crippen LogP) is 4.13. The monoisotopic (exact) mass is 484 g/mol. The lowest BCUT2D eigenvalue weighted by molar-refractivity contribution is 0.0240. The molecule has 1 aliphatic carbocycles. The van der Waals surface area contributed by atoms with Gasteiger partial charge in [0, 0.05) is 32.2 Å². The largest absolute Gasteiger partial charge is 0.444 e. The first-order chi connectivity index (χ1) is 16.7. The van der Waals surface area contributed by atoms with Gasteiger partial charge in [-0.05, 0) is 57.6 Å². The molecule has 0 spiro atoms. The van der Waals surface area contributed by atoms with E-state index in [4.69, 9.17) is 4.74 Å². The van der Waals surface area contributed by atoms with Crippen LogP contribution in [0.3, 0.4) is 0 Å². The van der Waals surface area contributed by atoms with E-state index in [0.29, 0.717) is 49.8 Å². The Labute approximate surface area is 205 Å². The maximum absolute atomic E-state index is 14.1. The summed E-state index contributed by atoms with van der Waals surface area (Å²) in [6.07, 6.45) is 5.17. The Hall–Kier alpha value is -3.43. The molecule has 3 amide bonds. The fraction of sp³-hybridized carbons (Fsp3) is 0.520. The number of piperazine rings is 1. The van der Waals surface area contributed by atoms with Gasteiger partial charge >= 0.3 is 12.1 Å². The number of carbonyl (C=O) groups excluding carboxylic acids is 2. The first kappa shape index (κ1) is 24.7. The van der Waals surface area contributed by atoms with Gasteiger partial charge in [-0.2, -0.15) is 0 Å². The second kappa shape index (κ2) is 10.5. The van der Waals surface area contributed by atoms with Crippen LogP contribution in [0.5, 0.6) is 0 Å². The molecule has 2 fully saturated rings. The maximum Gasteiger partial charge on any atom is 0.410 e. The molecule has 1 saturated heterocycles. The standard InChI is InChI=1S/C25H33FN6O3/c1-25(2,3)35-24(34)32-12-10-31(11-13-32)22-27-15-19(16-28-22)30-23(33)29-18-9-8-17(14-18)20-6-4-5-7-21(20)26/h4-7,15-18H,8-14H2,1-3H3,(H2,29,30,33). The third-order valence-electron chi connectivity index (χ3n) is 6.22. The predicted molar refractivity (Wildman–Crippen MR) is 131 cm³/mol. The molecule has 2 aliphatic rings. The Bertz CT molecular complexity index is 1030. The minimum Gasteiger partial charge on any atom is -0.444 e. The smallest absolute Gasteiger partial charge is 0.410 e. The summed E-state index contributed by atoms with van der Waals surface area (Å²) in [6, 6.07) is 6.49. The average molecular weight is 485 g/mol. The van der Waals surface area contributed by atoms with Crippen molar-refractivity contribution in [3.8, 4) is 0 Å². The van der Waals surface area contributed by atoms with Gasteiger partial charge in [0.25, 0.3) is 0 Å². The average Bonchev–Trinajstić information content (AvgIpc) is 3.27. The summed E-state index contributed by atoms with van der Waals surface area (Å²) in [7, 11) is 0. The molecule has 35 heavy (non-hydrogen) atoms. The molecule has 10 heteroatoms. The highest BCUT2D eigenvalue weighted by atomic mass is 19.1. The van der Waals surface area contributed by atoms with Crippen molar-refractivity contribution in [1.82, 2.24) is 20.2 Å². The van der Waals surface area contributed by atoms with E-state index in [9.17, 15) is 14.0 Å². The fourth-order valence-electron chi connectivity index (χ4n) is 4.52. The Balaban J connectivity index is 1.23. The van der Waals surface area contributed by atoms with Gasteiger partial charge < -0.3 is 25.2 Å². The van der Waals surface area contributed by atoms with Crippen LogP contribution >= 0.6 is 0 Å². The van der Waals surface area contributed by atoms with Crippen molar-refractivity contribution in [2.75, 3.05) is 36.4 Å². The third-order valence-corrected chi connectivity index (χ3v) is 6.22. The van der Waals surface area contributed by atoms with E-state index in [1.165, 1.54) is 6.07 Å². The van der Waals surface area contributed by atoms with E-state index in [2.05, 4.69) is 20.6 Å². The summed E-state index contributed by atoms with van der Waals surface area (Å²) in [5.74, 6) is 0.467. The lowest BCUT2D eigenvalue weighted by Crippen LogP contribution is -2.50. The summed E-state index contributed by atoms with van der Waals surface area (Å²) in [6.45, 7) is 7.78. The summed E-state index contributed by atoms with van der Waals surface area (Å²) in [5, 5.41) is 5.74. The molecule has 2 N–H and O–H groups in total. The molecule has 1 saturated carbocycles. The zero-order valence-corrected chi connectivity index (χ0v) is 20.5. The molecular formula is C25H33FN6O3. The topological polar surface area (TPSA) is 99.7 Å². The molecule has 2 atom stereocenters. The molecule has 0 radical (unpaired) electrons. The Morgan fingerprint density at radius 3 is 2.40 bits per heavy atom. The highest BCUT2D eigenvalue weighted by Gasteiger charge is 2.29. The highest BCUT2D eigenvalue weighted by Crippen LogP contribution is 2.35. The molecule has 4 rings (SSSR count). The summed E-state index contributed by atoms with van der Waals surface area (Å²) >= 11 is 0. The zero-order chi connectivity index (χ0) is 25.0.